The standard InChI is InChI=1S/C18H30O7S/c1-5-6-7-8-9-10-26-18-17(25-14(4)21)16(24-13(3)20)15(11-22-18)23-12(2)19/h15-18H,5-11H2,1-4H3/t15-,16+,17-,18+/m1/s1. The molecule has 0 aromatic rings. The summed E-state index contributed by atoms with van der Waals surface area (Å²) in [6.45, 7) is 6.07. The van der Waals surface area contributed by atoms with E-state index in [0.717, 1.165) is 18.6 Å². The van der Waals surface area contributed by atoms with Gasteiger partial charge in [-0.15, -0.1) is 11.8 Å². The number of carbonyl (C=O) groups is 3. The van der Waals surface area contributed by atoms with E-state index in [0.29, 0.717) is 0 Å². The number of thioether (sulfide) groups is 1. The van der Waals surface area contributed by atoms with Crippen LogP contribution in [0.15, 0.2) is 0 Å². The molecule has 150 valence electrons. The highest BCUT2D eigenvalue weighted by Crippen LogP contribution is 2.31. The molecule has 0 amide bonds. The fraction of sp³-hybridized carbons (Fsp3) is 0.833. The van der Waals surface area contributed by atoms with Gasteiger partial charge in [0, 0.05) is 20.8 Å². The summed E-state index contributed by atoms with van der Waals surface area (Å²) < 4.78 is 21.6. The molecule has 1 rings (SSSR count). The molecular weight excluding hydrogens is 360 g/mol. The van der Waals surface area contributed by atoms with Crippen molar-refractivity contribution in [2.24, 2.45) is 0 Å². The van der Waals surface area contributed by atoms with Gasteiger partial charge in [0.2, 0.25) is 0 Å². The molecule has 1 aliphatic heterocycles. The zero-order valence-corrected chi connectivity index (χ0v) is 16.8. The van der Waals surface area contributed by atoms with E-state index in [1.54, 1.807) is 0 Å². The number of esters is 3. The molecule has 7 nitrogen and oxygen atoms in total. The molecule has 0 saturated carbocycles. The first kappa shape index (κ1) is 22.8. The van der Waals surface area contributed by atoms with Crippen molar-refractivity contribution < 1.29 is 33.3 Å². The maximum Gasteiger partial charge on any atom is 0.303 e. The van der Waals surface area contributed by atoms with Gasteiger partial charge in [0.05, 0.1) is 6.61 Å². The highest BCUT2D eigenvalue weighted by atomic mass is 32.2. The summed E-state index contributed by atoms with van der Waals surface area (Å²) in [7, 11) is 0. The Labute approximate surface area is 159 Å². The van der Waals surface area contributed by atoms with Crippen molar-refractivity contribution in [2.75, 3.05) is 12.4 Å². The summed E-state index contributed by atoms with van der Waals surface area (Å²) in [4.78, 5) is 34.3. The van der Waals surface area contributed by atoms with Crippen LogP contribution < -0.4 is 0 Å². The van der Waals surface area contributed by atoms with Crippen LogP contribution in [-0.4, -0.2) is 54.0 Å². The Hall–Kier alpha value is -1.28. The van der Waals surface area contributed by atoms with Gasteiger partial charge in [-0.25, -0.2) is 0 Å². The van der Waals surface area contributed by atoms with Gasteiger partial charge >= 0.3 is 17.9 Å². The molecule has 0 N–H and O–H groups in total. The van der Waals surface area contributed by atoms with Gasteiger partial charge < -0.3 is 18.9 Å². The number of carbonyl (C=O) groups excluding carboxylic acids is 3. The van der Waals surface area contributed by atoms with Crippen molar-refractivity contribution >= 4 is 29.7 Å². The van der Waals surface area contributed by atoms with Crippen molar-refractivity contribution in [3.63, 3.8) is 0 Å². The summed E-state index contributed by atoms with van der Waals surface area (Å²) >= 11 is 1.53. The van der Waals surface area contributed by atoms with Crippen molar-refractivity contribution in [2.45, 2.75) is 83.5 Å². The first-order valence-corrected chi connectivity index (χ1v) is 10.1. The Morgan fingerprint density at radius 2 is 1.46 bits per heavy atom. The molecule has 1 fully saturated rings. The van der Waals surface area contributed by atoms with Crippen molar-refractivity contribution in [1.29, 1.82) is 0 Å². The summed E-state index contributed by atoms with van der Waals surface area (Å²) in [5.74, 6) is -0.710. The molecule has 1 aliphatic rings. The lowest BCUT2D eigenvalue weighted by Gasteiger charge is -2.40. The molecule has 0 aromatic heterocycles. The maximum atomic E-state index is 11.5. The summed E-state index contributed by atoms with van der Waals surface area (Å²) in [6.07, 6.45) is 3.26. The predicted octanol–water partition coefficient (Wildman–Crippen LogP) is 2.84. The van der Waals surface area contributed by atoms with E-state index in [1.807, 2.05) is 0 Å². The van der Waals surface area contributed by atoms with Crippen LogP contribution >= 0.6 is 11.8 Å². The molecule has 0 spiro atoms. The number of rotatable bonds is 10. The quantitative estimate of drug-likeness (QED) is 0.320. The molecule has 0 aromatic carbocycles. The van der Waals surface area contributed by atoms with Crippen LogP contribution in [0.25, 0.3) is 0 Å². The molecule has 1 heterocycles. The fourth-order valence-corrected chi connectivity index (χ4v) is 3.93. The van der Waals surface area contributed by atoms with Crippen LogP contribution in [-0.2, 0) is 33.3 Å². The zero-order chi connectivity index (χ0) is 19.5. The van der Waals surface area contributed by atoms with E-state index in [2.05, 4.69) is 6.92 Å². The number of hydrogen-bond acceptors (Lipinski definition) is 8. The minimum Gasteiger partial charge on any atom is -0.456 e. The zero-order valence-electron chi connectivity index (χ0n) is 16.0. The summed E-state index contributed by atoms with van der Waals surface area (Å²) in [6, 6.07) is 0. The third-order valence-electron chi connectivity index (χ3n) is 3.83. The van der Waals surface area contributed by atoms with E-state index >= 15 is 0 Å². The average Bonchev–Trinajstić information content (AvgIpc) is 2.54. The molecule has 26 heavy (non-hydrogen) atoms. The van der Waals surface area contributed by atoms with Crippen LogP contribution in [0.2, 0.25) is 0 Å². The smallest absolute Gasteiger partial charge is 0.303 e. The first-order chi connectivity index (χ1) is 12.3. The molecule has 0 bridgehead atoms. The SMILES string of the molecule is CCCCCCCS[C@@H]1OC[C@@H](OC(C)=O)[C@H](OC(C)=O)[C@H]1OC(C)=O. The normalized spacial score (nSPS) is 25.4. The monoisotopic (exact) mass is 390 g/mol. The Balaban J connectivity index is 2.74. The Morgan fingerprint density at radius 3 is 2.04 bits per heavy atom. The molecule has 0 aliphatic carbocycles. The van der Waals surface area contributed by atoms with E-state index in [4.69, 9.17) is 18.9 Å². The lowest BCUT2D eigenvalue weighted by Crippen LogP contribution is -2.56. The number of unbranched alkanes of at least 4 members (excludes halogenated alkanes) is 4. The molecule has 0 unspecified atom stereocenters. The largest absolute Gasteiger partial charge is 0.456 e. The van der Waals surface area contributed by atoms with Crippen molar-refractivity contribution in [3.05, 3.63) is 0 Å². The predicted molar refractivity (Wildman–Crippen MR) is 97.6 cm³/mol. The molecule has 1 saturated heterocycles. The minimum absolute atomic E-state index is 0.0861. The Morgan fingerprint density at radius 1 is 0.885 bits per heavy atom. The van der Waals surface area contributed by atoms with E-state index in [1.165, 1.54) is 51.8 Å². The van der Waals surface area contributed by atoms with Crippen molar-refractivity contribution in [3.8, 4) is 0 Å². The highest BCUT2D eigenvalue weighted by Gasteiger charge is 2.46. The topological polar surface area (TPSA) is 88.1 Å². The minimum atomic E-state index is -0.883. The van der Waals surface area contributed by atoms with Gasteiger partial charge in [-0.3, -0.25) is 14.4 Å². The van der Waals surface area contributed by atoms with Crippen molar-refractivity contribution in [1.82, 2.24) is 0 Å². The van der Waals surface area contributed by atoms with Crippen LogP contribution in [0.1, 0.15) is 59.8 Å². The lowest BCUT2D eigenvalue weighted by atomic mass is 10.1. The first-order valence-electron chi connectivity index (χ1n) is 9.10. The molecule has 0 radical (unpaired) electrons. The second kappa shape index (κ2) is 12.2. The molecule has 8 heteroatoms. The third kappa shape index (κ3) is 8.40. The van der Waals surface area contributed by atoms with E-state index in [-0.39, 0.29) is 6.61 Å². The maximum absolute atomic E-state index is 11.5. The number of ether oxygens (including phenoxy) is 4. The second-order valence-corrected chi connectivity index (χ2v) is 7.49. The van der Waals surface area contributed by atoms with Gasteiger partial charge in [0.25, 0.3) is 0 Å². The van der Waals surface area contributed by atoms with Crippen LogP contribution in [0, 0.1) is 0 Å². The highest BCUT2D eigenvalue weighted by molar-refractivity contribution is 7.99. The molecule has 4 atom stereocenters. The van der Waals surface area contributed by atoms with Gasteiger partial charge in [-0.05, 0) is 12.2 Å². The van der Waals surface area contributed by atoms with Gasteiger partial charge in [0.1, 0.15) is 5.44 Å². The summed E-state index contributed by atoms with van der Waals surface area (Å²) in [5, 5.41) is 0. The summed E-state index contributed by atoms with van der Waals surface area (Å²) in [5.41, 5.74) is -0.471. The molecular formula is C18H30O7S. The number of hydrogen-bond donors (Lipinski definition) is 0. The van der Waals surface area contributed by atoms with Crippen LogP contribution in [0.5, 0.6) is 0 Å². The fourth-order valence-electron chi connectivity index (χ4n) is 2.76. The van der Waals surface area contributed by atoms with Crippen LogP contribution in [0.4, 0.5) is 0 Å². The third-order valence-corrected chi connectivity index (χ3v) is 5.09. The van der Waals surface area contributed by atoms with Gasteiger partial charge in [-0.2, -0.15) is 0 Å². The average molecular weight is 390 g/mol. The van der Waals surface area contributed by atoms with E-state index in [9.17, 15) is 14.4 Å². The van der Waals surface area contributed by atoms with E-state index < -0.39 is 41.7 Å². The lowest BCUT2D eigenvalue weighted by molar-refractivity contribution is -0.213. The Bertz CT molecular complexity index is 468. The Kier molecular flexibility index (Phi) is 10.7. The van der Waals surface area contributed by atoms with Gasteiger partial charge in [-0.1, -0.05) is 32.6 Å². The second-order valence-electron chi connectivity index (χ2n) is 6.28. The van der Waals surface area contributed by atoms with Gasteiger partial charge in [0.15, 0.2) is 18.3 Å². The van der Waals surface area contributed by atoms with Crippen LogP contribution in [0.3, 0.4) is 0 Å².